The lowest BCUT2D eigenvalue weighted by Crippen LogP contribution is -2.57. The van der Waals surface area contributed by atoms with Crippen LogP contribution >= 0.6 is 0 Å². The van der Waals surface area contributed by atoms with Crippen molar-refractivity contribution in [2.75, 3.05) is 0 Å². The molecular formula is C12H16F3NO3. The maximum absolute atomic E-state index is 12.2. The van der Waals surface area contributed by atoms with Crippen LogP contribution in [0.5, 0.6) is 0 Å². The molecule has 0 aliphatic heterocycles. The van der Waals surface area contributed by atoms with Crippen LogP contribution in [-0.2, 0) is 9.59 Å². The predicted octanol–water partition coefficient (Wildman–Crippen LogP) is 1.94. The van der Waals surface area contributed by atoms with Crippen LogP contribution in [0.1, 0.15) is 32.6 Å². The fourth-order valence-electron chi connectivity index (χ4n) is 3.46. The van der Waals surface area contributed by atoms with E-state index >= 15 is 0 Å². The molecule has 7 heteroatoms. The average molecular weight is 279 g/mol. The number of carbonyl (C=O) groups is 2. The fraction of sp³-hybridized carbons (Fsp3) is 0.833. The Kier molecular flexibility index (Phi) is 3.26. The third-order valence-corrected chi connectivity index (χ3v) is 4.64. The zero-order valence-electron chi connectivity index (χ0n) is 10.5. The molecule has 4 unspecified atom stereocenters. The first-order valence-corrected chi connectivity index (χ1v) is 6.25. The number of nitrogens with one attached hydrogen (secondary N) is 1. The second-order valence-corrected chi connectivity index (χ2v) is 5.77. The Morgan fingerprint density at radius 1 is 1.32 bits per heavy atom. The van der Waals surface area contributed by atoms with E-state index in [1.165, 1.54) is 0 Å². The van der Waals surface area contributed by atoms with Crippen LogP contribution < -0.4 is 5.32 Å². The van der Waals surface area contributed by atoms with E-state index < -0.39 is 29.5 Å². The van der Waals surface area contributed by atoms with Gasteiger partial charge in [0.15, 0.2) is 0 Å². The molecule has 4 nitrogen and oxygen atoms in total. The maximum atomic E-state index is 12.2. The predicted molar refractivity (Wildman–Crippen MR) is 59.2 cm³/mol. The lowest BCUT2D eigenvalue weighted by atomic mass is 9.55. The summed E-state index contributed by atoms with van der Waals surface area (Å²) in [4.78, 5) is 22.2. The van der Waals surface area contributed by atoms with E-state index in [0.717, 1.165) is 0 Å². The number of hydrogen-bond acceptors (Lipinski definition) is 2. The van der Waals surface area contributed by atoms with Gasteiger partial charge in [-0.15, -0.1) is 0 Å². The van der Waals surface area contributed by atoms with E-state index in [0.29, 0.717) is 25.7 Å². The summed E-state index contributed by atoms with van der Waals surface area (Å²) >= 11 is 0. The van der Waals surface area contributed by atoms with Gasteiger partial charge >= 0.3 is 18.1 Å². The Morgan fingerprint density at radius 2 is 1.95 bits per heavy atom. The molecular weight excluding hydrogens is 263 g/mol. The summed E-state index contributed by atoms with van der Waals surface area (Å²) in [6.45, 7) is 1.65. The molecule has 4 atom stereocenters. The number of alkyl halides is 3. The summed E-state index contributed by atoms with van der Waals surface area (Å²) in [6.07, 6.45) is -2.86. The number of fused-ring (bicyclic) bond motifs is 3. The number of halogens is 3. The zero-order valence-corrected chi connectivity index (χ0v) is 10.5. The maximum Gasteiger partial charge on any atom is 0.471 e. The Morgan fingerprint density at radius 3 is 2.37 bits per heavy atom. The van der Waals surface area contributed by atoms with E-state index in [1.807, 2.05) is 5.32 Å². The first-order valence-electron chi connectivity index (χ1n) is 6.25. The van der Waals surface area contributed by atoms with Crippen LogP contribution in [0.3, 0.4) is 0 Å². The number of carbonyl (C=O) groups excluding carboxylic acids is 1. The van der Waals surface area contributed by atoms with Crippen molar-refractivity contribution in [2.24, 2.45) is 17.3 Å². The minimum atomic E-state index is -4.88. The molecule has 108 valence electrons. The first kappa shape index (κ1) is 14.1. The van der Waals surface area contributed by atoms with Gasteiger partial charge in [-0.1, -0.05) is 0 Å². The molecule has 0 aromatic carbocycles. The van der Waals surface area contributed by atoms with E-state index in [4.69, 9.17) is 0 Å². The number of hydrogen-bond donors (Lipinski definition) is 2. The highest BCUT2D eigenvalue weighted by Crippen LogP contribution is 2.52. The molecule has 2 N–H and O–H groups in total. The molecule has 1 amide bonds. The number of carboxylic acids is 1. The van der Waals surface area contributed by atoms with Gasteiger partial charge in [0.1, 0.15) is 0 Å². The van der Waals surface area contributed by atoms with Crippen molar-refractivity contribution in [1.29, 1.82) is 0 Å². The highest BCUT2D eigenvalue weighted by atomic mass is 19.4. The molecule has 3 aliphatic carbocycles. The molecule has 0 heterocycles. The van der Waals surface area contributed by atoms with Crippen molar-refractivity contribution in [3.05, 3.63) is 0 Å². The third-order valence-electron chi connectivity index (χ3n) is 4.64. The Bertz CT molecular complexity index is 410. The van der Waals surface area contributed by atoms with Crippen LogP contribution in [0.2, 0.25) is 0 Å². The number of amides is 1. The molecule has 19 heavy (non-hydrogen) atoms. The normalized spacial score (nSPS) is 38.0. The molecule has 0 spiro atoms. The summed E-state index contributed by atoms with van der Waals surface area (Å²) in [5, 5.41) is 11.3. The molecule has 0 aromatic heterocycles. The molecule has 3 aliphatic rings. The van der Waals surface area contributed by atoms with Gasteiger partial charge < -0.3 is 10.4 Å². The first-order chi connectivity index (χ1) is 8.64. The fourth-order valence-corrected chi connectivity index (χ4v) is 3.46. The average Bonchev–Trinajstić information content (AvgIpc) is 2.29. The lowest BCUT2D eigenvalue weighted by Gasteiger charge is -2.51. The summed E-state index contributed by atoms with van der Waals surface area (Å²) in [5.41, 5.74) is -0.873. The van der Waals surface area contributed by atoms with Crippen LogP contribution in [0.25, 0.3) is 0 Å². The second-order valence-electron chi connectivity index (χ2n) is 5.77. The second kappa shape index (κ2) is 4.38. The standard InChI is InChI=1S/C12H16F3NO3/c1-11(10(18)19)5-6-2-3-7(11)4-8(6)16-9(17)12(13,14)15/h6-8H,2-5H2,1H3,(H,16,17)(H,18,19). The monoisotopic (exact) mass is 279 g/mol. The Hall–Kier alpha value is -1.27. The topological polar surface area (TPSA) is 66.4 Å². The Balaban J connectivity index is 2.07. The van der Waals surface area contributed by atoms with Gasteiger partial charge in [0, 0.05) is 6.04 Å². The minimum absolute atomic E-state index is 0.173. The molecule has 3 saturated carbocycles. The van der Waals surface area contributed by atoms with Crippen molar-refractivity contribution in [2.45, 2.75) is 44.8 Å². The smallest absolute Gasteiger partial charge is 0.471 e. The van der Waals surface area contributed by atoms with Crippen LogP contribution in [0.15, 0.2) is 0 Å². The van der Waals surface area contributed by atoms with E-state index in [9.17, 15) is 27.9 Å². The Labute approximate surface area is 108 Å². The number of rotatable bonds is 2. The van der Waals surface area contributed by atoms with Crippen molar-refractivity contribution in [3.8, 4) is 0 Å². The minimum Gasteiger partial charge on any atom is -0.481 e. The summed E-state index contributed by atoms with van der Waals surface area (Å²) in [7, 11) is 0. The van der Waals surface area contributed by atoms with Gasteiger partial charge in [-0.2, -0.15) is 13.2 Å². The number of aliphatic carboxylic acids is 1. The third kappa shape index (κ3) is 2.42. The molecule has 0 radical (unpaired) electrons. The lowest BCUT2D eigenvalue weighted by molar-refractivity contribution is -0.177. The highest BCUT2D eigenvalue weighted by Gasteiger charge is 2.54. The van der Waals surface area contributed by atoms with Crippen molar-refractivity contribution < 1.29 is 27.9 Å². The summed E-state index contributed by atoms with van der Waals surface area (Å²) in [6, 6.07) is -0.555. The number of carboxylic acid groups (broad SMARTS) is 1. The van der Waals surface area contributed by atoms with Crippen molar-refractivity contribution in [3.63, 3.8) is 0 Å². The van der Waals surface area contributed by atoms with E-state index in [1.54, 1.807) is 6.92 Å². The largest absolute Gasteiger partial charge is 0.481 e. The quantitative estimate of drug-likeness (QED) is 0.812. The van der Waals surface area contributed by atoms with Gasteiger partial charge in [0.05, 0.1) is 5.41 Å². The molecule has 2 bridgehead atoms. The van der Waals surface area contributed by atoms with E-state index in [-0.39, 0.29) is 11.8 Å². The van der Waals surface area contributed by atoms with Crippen LogP contribution in [0.4, 0.5) is 13.2 Å². The van der Waals surface area contributed by atoms with Gasteiger partial charge in [-0.05, 0) is 44.4 Å². The van der Waals surface area contributed by atoms with Gasteiger partial charge in [0.25, 0.3) is 0 Å². The van der Waals surface area contributed by atoms with Crippen molar-refractivity contribution in [1.82, 2.24) is 5.32 Å². The van der Waals surface area contributed by atoms with Gasteiger partial charge in [-0.3, -0.25) is 9.59 Å². The molecule has 3 fully saturated rings. The zero-order chi connectivity index (χ0) is 14.4. The van der Waals surface area contributed by atoms with Gasteiger partial charge in [-0.25, -0.2) is 0 Å². The van der Waals surface area contributed by atoms with Crippen molar-refractivity contribution >= 4 is 11.9 Å². The summed E-state index contributed by atoms with van der Waals surface area (Å²) < 4.78 is 36.7. The van der Waals surface area contributed by atoms with Gasteiger partial charge in [0.2, 0.25) is 0 Å². The van der Waals surface area contributed by atoms with Crippen LogP contribution in [-0.4, -0.2) is 29.2 Å². The molecule has 3 rings (SSSR count). The summed E-state index contributed by atoms with van der Waals surface area (Å²) in [5.74, 6) is -3.18. The SMILES string of the molecule is CC1(C(=O)O)CC2CCC1CC2NC(=O)C(F)(F)F. The van der Waals surface area contributed by atoms with E-state index in [2.05, 4.69) is 0 Å². The molecule has 0 saturated heterocycles. The highest BCUT2D eigenvalue weighted by molar-refractivity contribution is 5.82. The molecule has 0 aromatic rings. The van der Waals surface area contributed by atoms with Crippen LogP contribution in [0, 0.1) is 17.3 Å².